The van der Waals surface area contributed by atoms with Gasteiger partial charge in [-0.2, -0.15) is 0 Å². The van der Waals surface area contributed by atoms with E-state index in [-0.39, 0.29) is 18.9 Å². The summed E-state index contributed by atoms with van der Waals surface area (Å²) in [4.78, 5) is 26.3. The van der Waals surface area contributed by atoms with Crippen LogP contribution >= 0.6 is 0 Å². The first-order valence-corrected chi connectivity index (χ1v) is 9.03. The molecule has 1 N–H and O–H groups in total. The van der Waals surface area contributed by atoms with Crippen LogP contribution in [-0.2, 0) is 29.0 Å². The second kappa shape index (κ2) is 7.85. The van der Waals surface area contributed by atoms with Gasteiger partial charge in [0, 0.05) is 25.3 Å². The van der Waals surface area contributed by atoms with Gasteiger partial charge in [-0.25, -0.2) is 9.48 Å². The molecule has 10 heteroatoms. The van der Waals surface area contributed by atoms with Gasteiger partial charge in [-0.3, -0.25) is 9.69 Å². The Morgan fingerprint density at radius 2 is 2.14 bits per heavy atom. The highest BCUT2D eigenvalue weighted by molar-refractivity contribution is 6.04. The summed E-state index contributed by atoms with van der Waals surface area (Å²) in [5.41, 5.74) is 1.36. The number of urea groups is 1. The molecule has 1 unspecified atom stereocenters. The molecular formula is C18H21N5O5. The fourth-order valence-electron chi connectivity index (χ4n) is 3.23. The Kier molecular flexibility index (Phi) is 5.11. The van der Waals surface area contributed by atoms with Crippen LogP contribution in [0.15, 0.2) is 24.4 Å². The van der Waals surface area contributed by atoms with Crippen molar-refractivity contribution in [1.82, 2.24) is 25.2 Å². The van der Waals surface area contributed by atoms with Crippen LogP contribution in [0.3, 0.4) is 0 Å². The number of aromatic nitrogens is 3. The fourth-order valence-corrected chi connectivity index (χ4v) is 3.23. The zero-order valence-corrected chi connectivity index (χ0v) is 15.5. The van der Waals surface area contributed by atoms with Crippen molar-refractivity contribution in [3.8, 4) is 11.5 Å². The molecule has 1 fully saturated rings. The molecule has 0 saturated carbocycles. The highest BCUT2D eigenvalue weighted by atomic mass is 16.6. The Hall–Kier alpha value is -3.14. The van der Waals surface area contributed by atoms with Crippen molar-refractivity contribution < 1.29 is 23.8 Å². The second-order valence-electron chi connectivity index (χ2n) is 6.54. The standard InChI is InChI=1S/C18H21N5O5/c1-26-6-5-22-11-13(20-21-22)9-14-17(24)23(18(25)19-14)10-12-3-2-4-15-16(12)28-8-7-27-15/h2-4,11,14H,5-10H2,1H3,(H,19,25). The quantitative estimate of drug-likeness (QED) is 0.684. The molecule has 28 heavy (non-hydrogen) atoms. The maximum atomic E-state index is 12.8. The van der Waals surface area contributed by atoms with Gasteiger partial charge in [0.15, 0.2) is 11.5 Å². The average Bonchev–Trinajstić information content (AvgIpc) is 3.26. The van der Waals surface area contributed by atoms with Gasteiger partial charge in [0.2, 0.25) is 0 Å². The molecule has 0 aliphatic carbocycles. The summed E-state index contributed by atoms with van der Waals surface area (Å²) in [7, 11) is 1.61. The van der Waals surface area contributed by atoms with Crippen molar-refractivity contribution >= 4 is 11.9 Å². The molecule has 4 rings (SSSR count). The number of nitrogens with zero attached hydrogens (tertiary/aromatic N) is 4. The summed E-state index contributed by atoms with van der Waals surface area (Å²) in [5.74, 6) is 0.907. The maximum absolute atomic E-state index is 12.8. The molecule has 1 aromatic carbocycles. The number of rotatable bonds is 7. The van der Waals surface area contributed by atoms with Crippen LogP contribution in [-0.4, -0.2) is 64.8 Å². The summed E-state index contributed by atoms with van der Waals surface area (Å²) in [6.45, 7) is 2.12. The number of hydrogen-bond donors (Lipinski definition) is 1. The lowest BCUT2D eigenvalue weighted by molar-refractivity contribution is -0.127. The zero-order valence-electron chi connectivity index (χ0n) is 15.5. The van der Waals surface area contributed by atoms with E-state index in [4.69, 9.17) is 14.2 Å². The first-order valence-electron chi connectivity index (χ1n) is 9.03. The summed E-state index contributed by atoms with van der Waals surface area (Å²) in [5, 5.41) is 10.8. The lowest BCUT2D eigenvalue weighted by atomic mass is 10.1. The Morgan fingerprint density at radius 1 is 1.29 bits per heavy atom. The molecule has 3 heterocycles. The molecule has 3 amide bonds. The summed E-state index contributed by atoms with van der Waals surface area (Å²) in [6, 6.07) is 4.34. The molecule has 1 saturated heterocycles. The van der Waals surface area contributed by atoms with Crippen molar-refractivity contribution in [3.63, 3.8) is 0 Å². The number of hydrogen-bond acceptors (Lipinski definition) is 7. The molecule has 10 nitrogen and oxygen atoms in total. The number of carbonyl (C=O) groups excluding carboxylic acids is 2. The lowest BCUT2D eigenvalue weighted by Crippen LogP contribution is -2.32. The molecule has 0 radical (unpaired) electrons. The topological polar surface area (TPSA) is 108 Å². The number of para-hydroxylation sites is 1. The first kappa shape index (κ1) is 18.2. The van der Waals surface area contributed by atoms with E-state index in [0.717, 1.165) is 5.56 Å². The molecule has 0 spiro atoms. The van der Waals surface area contributed by atoms with E-state index in [1.807, 2.05) is 12.1 Å². The number of benzene rings is 1. The van der Waals surface area contributed by atoms with Gasteiger partial charge >= 0.3 is 6.03 Å². The number of nitrogens with one attached hydrogen (secondary N) is 1. The van der Waals surface area contributed by atoms with Crippen LogP contribution in [0.25, 0.3) is 0 Å². The van der Waals surface area contributed by atoms with Crippen LogP contribution in [0.2, 0.25) is 0 Å². The predicted molar refractivity (Wildman–Crippen MR) is 95.9 cm³/mol. The van der Waals surface area contributed by atoms with E-state index in [0.29, 0.717) is 43.6 Å². The Labute approximate surface area is 161 Å². The van der Waals surface area contributed by atoms with Gasteiger partial charge in [0.05, 0.1) is 25.4 Å². The molecule has 1 aromatic heterocycles. The molecule has 148 valence electrons. The van der Waals surface area contributed by atoms with Gasteiger partial charge in [-0.1, -0.05) is 17.3 Å². The lowest BCUT2D eigenvalue weighted by Gasteiger charge is -2.22. The summed E-state index contributed by atoms with van der Waals surface area (Å²) < 4.78 is 17.9. The van der Waals surface area contributed by atoms with Gasteiger partial charge < -0.3 is 19.5 Å². The minimum Gasteiger partial charge on any atom is -0.486 e. The monoisotopic (exact) mass is 387 g/mol. The highest BCUT2D eigenvalue weighted by Gasteiger charge is 2.39. The number of amides is 3. The minimum atomic E-state index is -0.670. The van der Waals surface area contributed by atoms with Crippen LogP contribution in [0.4, 0.5) is 4.79 Å². The third-order valence-electron chi connectivity index (χ3n) is 4.61. The fraction of sp³-hybridized carbons (Fsp3) is 0.444. The maximum Gasteiger partial charge on any atom is 0.325 e. The number of imide groups is 1. The summed E-state index contributed by atoms with van der Waals surface area (Å²) in [6.07, 6.45) is 2.03. The number of ether oxygens (including phenoxy) is 3. The molecule has 0 bridgehead atoms. The Bertz CT molecular complexity index is 883. The van der Waals surface area contributed by atoms with Crippen LogP contribution in [0.5, 0.6) is 11.5 Å². The second-order valence-corrected chi connectivity index (χ2v) is 6.54. The molecule has 1 atom stereocenters. The third kappa shape index (κ3) is 3.63. The largest absolute Gasteiger partial charge is 0.486 e. The van der Waals surface area contributed by atoms with Crippen molar-refractivity contribution in [2.75, 3.05) is 26.9 Å². The van der Waals surface area contributed by atoms with Crippen LogP contribution < -0.4 is 14.8 Å². The number of methoxy groups -OCH3 is 1. The van der Waals surface area contributed by atoms with Gasteiger partial charge in [0.25, 0.3) is 5.91 Å². The van der Waals surface area contributed by atoms with E-state index in [1.165, 1.54) is 4.90 Å². The predicted octanol–water partition coefficient (Wildman–Crippen LogP) is 0.359. The van der Waals surface area contributed by atoms with E-state index in [9.17, 15) is 9.59 Å². The van der Waals surface area contributed by atoms with Gasteiger partial charge in [0.1, 0.15) is 19.3 Å². The van der Waals surface area contributed by atoms with E-state index < -0.39 is 12.1 Å². The molecule has 2 aliphatic heterocycles. The van der Waals surface area contributed by atoms with Crippen LogP contribution in [0, 0.1) is 0 Å². The van der Waals surface area contributed by atoms with Crippen LogP contribution in [0.1, 0.15) is 11.3 Å². The molecular weight excluding hydrogens is 366 g/mol. The number of carbonyl (C=O) groups is 2. The van der Waals surface area contributed by atoms with Crippen molar-refractivity contribution in [2.45, 2.75) is 25.6 Å². The van der Waals surface area contributed by atoms with E-state index in [1.54, 1.807) is 24.1 Å². The van der Waals surface area contributed by atoms with Crippen molar-refractivity contribution in [3.05, 3.63) is 35.7 Å². The van der Waals surface area contributed by atoms with Gasteiger partial charge in [-0.15, -0.1) is 5.10 Å². The van der Waals surface area contributed by atoms with E-state index >= 15 is 0 Å². The highest BCUT2D eigenvalue weighted by Crippen LogP contribution is 2.34. The normalized spacial score (nSPS) is 18.5. The first-order chi connectivity index (χ1) is 13.7. The zero-order chi connectivity index (χ0) is 19.5. The Balaban J connectivity index is 1.44. The van der Waals surface area contributed by atoms with Crippen molar-refractivity contribution in [1.29, 1.82) is 0 Å². The van der Waals surface area contributed by atoms with E-state index in [2.05, 4.69) is 15.6 Å². The molecule has 2 aromatic rings. The molecule has 2 aliphatic rings. The SMILES string of the molecule is COCCn1cc(CC2NC(=O)N(Cc3cccc4c3OCCO4)C2=O)nn1. The Morgan fingerprint density at radius 3 is 3.00 bits per heavy atom. The average molecular weight is 387 g/mol. The number of fused-ring (bicyclic) bond motifs is 1. The van der Waals surface area contributed by atoms with Gasteiger partial charge in [-0.05, 0) is 6.07 Å². The van der Waals surface area contributed by atoms with Crippen molar-refractivity contribution in [2.24, 2.45) is 0 Å². The smallest absolute Gasteiger partial charge is 0.325 e. The minimum absolute atomic E-state index is 0.119. The summed E-state index contributed by atoms with van der Waals surface area (Å²) >= 11 is 0. The third-order valence-corrected chi connectivity index (χ3v) is 4.61.